The van der Waals surface area contributed by atoms with Crippen molar-refractivity contribution >= 4 is 50.6 Å². The van der Waals surface area contributed by atoms with E-state index < -0.39 is 10.0 Å². The summed E-state index contributed by atoms with van der Waals surface area (Å²) in [5.41, 5.74) is 6.06. The first kappa shape index (κ1) is 25.2. The number of thiophene rings is 1. The number of sulfonamides is 1. The normalized spacial score (nSPS) is 14.6. The van der Waals surface area contributed by atoms with E-state index in [-0.39, 0.29) is 10.0 Å². The van der Waals surface area contributed by atoms with E-state index >= 15 is 0 Å². The summed E-state index contributed by atoms with van der Waals surface area (Å²) in [7, 11) is -3.55. The standard InChI is InChI=1S/C25H24N6O3S3/c32-37(33,30-12-14-34-15-13-30)22-10-8-20(9-11-22)27-25(35)28-26-17-19-18-31(21-5-2-1-3-6-21)29-24(19)23-7-4-16-36-23/h1-11,16-18H,12-15H2,(H2,27,28,35)/b26-17-. The van der Waals surface area contributed by atoms with Gasteiger partial charge in [0.1, 0.15) is 5.69 Å². The second-order valence-electron chi connectivity index (χ2n) is 8.06. The Balaban J connectivity index is 1.24. The summed E-state index contributed by atoms with van der Waals surface area (Å²) in [4.78, 5) is 1.26. The number of rotatable bonds is 7. The van der Waals surface area contributed by atoms with Gasteiger partial charge in [0.05, 0.1) is 34.9 Å². The minimum atomic E-state index is -3.55. The van der Waals surface area contributed by atoms with Gasteiger partial charge < -0.3 is 10.1 Å². The molecule has 4 aromatic rings. The predicted octanol–water partition coefficient (Wildman–Crippen LogP) is 3.94. The molecule has 190 valence electrons. The number of nitrogens with one attached hydrogen (secondary N) is 2. The summed E-state index contributed by atoms with van der Waals surface area (Å²) in [6.45, 7) is 1.52. The molecule has 0 spiro atoms. The zero-order valence-electron chi connectivity index (χ0n) is 19.6. The molecule has 0 amide bonds. The molecule has 0 aliphatic carbocycles. The largest absolute Gasteiger partial charge is 0.379 e. The molecule has 0 unspecified atom stereocenters. The molecular formula is C25H24N6O3S3. The van der Waals surface area contributed by atoms with E-state index in [4.69, 9.17) is 22.1 Å². The van der Waals surface area contributed by atoms with Crippen LogP contribution in [0.3, 0.4) is 0 Å². The van der Waals surface area contributed by atoms with Crippen molar-refractivity contribution in [3.8, 4) is 16.3 Å². The quantitative estimate of drug-likeness (QED) is 0.203. The van der Waals surface area contributed by atoms with Crippen molar-refractivity contribution < 1.29 is 13.2 Å². The Labute approximate surface area is 224 Å². The molecule has 0 saturated carbocycles. The Bertz CT molecular complexity index is 1480. The van der Waals surface area contributed by atoms with Crippen molar-refractivity contribution in [2.45, 2.75) is 4.90 Å². The molecule has 2 aromatic heterocycles. The lowest BCUT2D eigenvalue weighted by Gasteiger charge is -2.26. The van der Waals surface area contributed by atoms with Gasteiger partial charge in [-0.15, -0.1) is 11.3 Å². The second-order valence-corrected chi connectivity index (χ2v) is 11.3. The number of benzene rings is 2. The Kier molecular flexibility index (Phi) is 7.72. The van der Waals surface area contributed by atoms with Gasteiger partial charge in [-0.1, -0.05) is 24.3 Å². The Morgan fingerprint density at radius 1 is 1.05 bits per heavy atom. The average Bonchev–Trinajstić information content (AvgIpc) is 3.60. The molecule has 12 heteroatoms. The predicted molar refractivity (Wildman–Crippen MR) is 150 cm³/mol. The number of morpholine rings is 1. The van der Waals surface area contributed by atoms with Gasteiger partial charge >= 0.3 is 0 Å². The summed E-state index contributed by atoms with van der Waals surface area (Å²) in [6, 6.07) is 20.3. The van der Waals surface area contributed by atoms with Gasteiger partial charge in [0.15, 0.2) is 5.11 Å². The molecule has 0 radical (unpaired) electrons. The number of nitrogens with zero attached hydrogens (tertiary/aromatic N) is 4. The summed E-state index contributed by atoms with van der Waals surface area (Å²) in [6.07, 6.45) is 3.59. The van der Waals surface area contributed by atoms with Crippen LogP contribution in [0.5, 0.6) is 0 Å². The van der Waals surface area contributed by atoms with Gasteiger partial charge in [0, 0.05) is 30.5 Å². The number of hydrogen-bond acceptors (Lipinski definition) is 7. The Hall–Kier alpha value is -3.42. The molecule has 0 atom stereocenters. The van der Waals surface area contributed by atoms with Crippen molar-refractivity contribution in [3.05, 3.63) is 83.9 Å². The maximum Gasteiger partial charge on any atom is 0.243 e. The first-order valence-corrected chi connectivity index (χ1v) is 14.2. The zero-order chi connectivity index (χ0) is 25.7. The number of anilines is 1. The molecule has 0 bridgehead atoms. The van der Waals surface area contributed by atoms with Crippen LogP contribution in [0.2, 0.25) is 0 Å². The van der Waals surface area contributed by atoms with Gasteiger partial charge in [0.2, 0.25) is 10.0 Å². The lowest BCUT2D eigenvalue weighted by molar-refractivity contribution is 0.0730. The molecule has 3 heterocycles. The zero-order valence-corrected chi connectivity index (χ0v) is 22.1. The van der Waals surface area contributed by atoms with Gasteiger partial charge in [0.25, 0.3) is 0 Å². The first-order chi connectivity index (χ1) is 18.0. The number of hydrogen-bond donors (Lipinski definition) is 2. The topological polar surface area (TPSA) is 101 Å². The van der Waals surface area contributed by atoms with E-state index in [1.807, 2.05) is 58.7 Å². The van der Waals surface area contributed by atoms with E-state index in [0.717, 1.165) is 21.8 Å². The summed E-state index contributed by atoms with van der Waals surface area (Å²) in [5.74, 6) is 0. The van der Waals surface area contributed by atoms with Gasteiger partial charge in [-0.2, -0.15) is 14.5 Å². The van der Waals surface area contributed by atoms with Crippen LogP contribution < -0.4 is 10.7 Å². The van der Waals surface area contributed by atoms with Crippen LogP contribution in [-0.4, -0.2) is 60.1 Å². The smallest absolute Gasteiger partial charge is 0.243 e. The highest BCUT2D eigenvalue weighted by molar-refractivity contribution is 7.89. The number of ether oxygens (including phenoxy) is 1. The van der Waals surface area contributed by atoms with Crippen LogP contribution in [0.15, 0.2) is 88.3 Å². The van der Waals surface area contributed by atoms with Crippen LogP contribution in [0, 0.1) is 0 Å². The molecule has 5 rings (SSSR count). The van der Waals surface area contributed by atoms with Gasteiger partial charge in [-0.25, -0.2) is 13.1 Å². The van der Waals surface area contributed by atoms with Crippen molar-refractivity contribution in [2.75, 3.05) is 31.6 Å². The van der Waals surface area contributed by atoms with E-state index in [9.17, 15) is 8.42 Å². The van der Waals surface area contributed by atoms with Crippen LogP contribution in [-0.2, 0) is 14.8 Å². The van der Waals surface area contributed by atoms with Crippen LogP contribution in [0.1, 0.15) is 5.56 Å². The minimum Gasteiger partial charge on any atom is -0.379 e. The van der Waals surface area contributed by atoms with E-state index in [2.05, 4.69) is 15.8 Å². The molecular weight excluding hydrogens is 529 g/mol. The third-order valence-electron chi connectivity index (χ3n) is 5.61. The average molecular weight is 553 g/mol. The lowest BCUT2D eigenvalue weighted by Crippen LogP contribution is -2.40. The Morgan fingerprint density at radius 2 is 1.81 bits per heavy atom. The molecule has 9 nitrogen and oxygen atoms in total. The maximum atomic E-state index is 12.8. The molecule has 37 heavy (non-hydrogen) atoms. The molecule has 2 aromatic carbocycles. The maximum absolute atomic E-state index is 12.8. The summed E-state index contributed by atoms with van der Waals surface area (Å²) >= 11 is 6.96. The summed E-state index contributed by atoms with van der Waals surface area (Å²) in [5, 5.41) is 14.3. The van der Waals surface area contributed by atoms with Gasteiger partial charge in [-0.05, 0) is 60.1 Å². The number of hydrazone groups is 1. The summed E-state index contributed by atoms with van der Waals surface area (Å²) < 4.78 is 34.1. The fourth-order valence-corrected chi connectivity index (χ4v) is 6.07. The van der Waals surface area contributed by atoms with Crippen LogP contribution in [0.4, 0.5) is 5.69 Å². The van der Waals surface area contributed by atoms with Crippen molar-refractivity contribution in [1.82, 2.24) is 19.5 Å². The lowest BCUT2D eigenvalue weighted by atomic mass is 10.2. The molecule has 1 aliphatic rings. The molecule has 1 fully saturated rings. The molecule has 2 N–H and O–H groups in total. The number of aromatic nitrogens is 2. The monoisotopic (exact) mass is 552 g/mol. The first-order valence-electron chi connectivity index (χ1n) is 11.5. The highest BCUT2D eigenvalue weighted by Crippen LogP contribution is 2.27. The fraction of sp³-hybridized carbons (Fsp3) is 0.160. The highest BCUT2D eigenvalue weighted by Gasteiger charge is 2.26. The third-order valence-corrected chi connectivity index (χ3v) is 8.59. The Morgan fingerprint density at radius 3 is 2.51 bits per heavy atom. The van der Waals surface area contributed by atoms with Crippen LogP contribution in [0.25, 0.3) is 16.3 Å². The van der Waals surface area contributed by atoms with Crippen molar-refractivity contribution in [1.29, 1.82) is 0 Å². The van der Waals surface area contributed by atoms with E-state index in [1.165, 1.54) is 4.31 Å². The second kappa shape index (κ2) is 11.3. The van der Waals surface area contributed by atoms with Gasteiger partial charge in [-0.3, -0.25) is 5.43 Å². The molecule has 1 saturated heterocycles. The van der Waals surface area contributed by atoms with Crippen molar-refractivity contribution in [2.24, 2.45) is 5.10 Å². The van der Waals surface area contributed by atoms with E-state index in [0.29, 0.717) is 32.0 Å². The minimum absolute atomic E-state index is 0.230. The third kappa shape index (κ3) is 5.95. The van der Waals surface area contributed by atoms with Crippen LogP contribution >= 0.6 is 23.6 Å². The van der Waals surface area contributed by atoms with Crippen molar-refractivity contribution in [3.63, 3.8) is 0 Å². The number of para-hydroxylation sites is 1. The highest BCUT2D eigenvalue weighted by atomic mass is 32.2. The fourth-order valence-electron chi connectivity index (χ4n) is 3.77. The number of thiocarbonyl (C=S) groups is 1. The molecule has 1 aliphatic heterocycles. The SMILES string of the molecule is O=S(=O)(c1ccc(NC(=S)N/N=C\c2cn(-c3ccccc3)nc2-c2cccs2)cc1)N1CCOCC1. The van der Waals surface area contributed by atoms with E-state index in [1.54, 1.807) is 41.8 Å².